The molecule has 9 heteroatoms. The quantitative estimate of drug-likeness (QED) is 0.799. The van der Waals surface area contributed by atoms with Crippen LogP contribution in [0.5, 0.6) is 11.5 Å². The average molecular weight is 406 g/mol. The highest BCUT2D eigenvalue weighted by molar-refractivity contribution is 8.00. The molecule has 3 aliphatic rings. The van der Waals surface area contributed by atoms with Crippen LogP contribution in [0, 0.1) is 0 Å². The van der Waals surface area contributed by atoms with E-state index < -0.39 is 0 Å². The molecule has 1 aromatic carbocycles. The Morgan fingerprint density at radius 2 is 1.93 bits per heavy atom. The number of benzene rings is 1. The molecule has 2 aromatic rings. The molecule has 5 rings (SSSR count). The van der Waals surface area contributed by atoms with Crippen LogP contribution in [0.4, 0.5) is 5.82 Å². The van der Waals surface area contributed by atoms with Crippen LogP contribution in [-0.4, -0.2) is 39.7 Å². The number of ether oxygens (including phenoxy) is 2. The van der Waals surface area contributed by atoms with Crippen molar-refractivity contribution in [3.8, 4) is 11.5 Å². The van der Waals surface area contributed by atoms with E-state index in [1.54, 1.807) is 0 Å². The third-order valence-electron chi connectivity index (χ3n) is 5.12. The highest BCUT2D eigenvalue weighted by atomic mass is 32.2. The van der Waals surface area contributed by atoms with Gasteiger partial charge in [-0.2, -0.15) is 11.8 Å². The summed E-state index contributed by atoms with van der Waals surface area (Å²) in [7, 11) is 0. The molecule has 0 bridgehead atoms. The fourth-order valence-electron chi connectivity index (χ4n) is 3.80. The van der Waals surface area contributed by atoms with Crippen LogP contribution < -0.4 is 20.3 Å². The molecule has 0 radical (unpaired) electrons. The topological polar surface area (TPSA) is 85.3 Å². The number of hydrogen-bond donors (Lipinski definition) is 2. The van der Waals surface area contributed by atoms with Crippen molar-refractivity contribution in [1.29, 1.82) is 0 Å². The van der Waals surface area contributed by atoms with E-state index in [-0.39, 0.29) is 29.6 Å². The van der Waals surface area contributed by atoms with Crippen LogP contribution in [0.1, 0.15) is 35.3 Å². The maximum Gasteiger partial charge on any atom is 0.270 e. The van der Waals surface area contributed by atoms with Gasteiger partial charge in [-0.1, -0.05) is 6.07 Å². The van der Waals surface area contributed by atoms with E-state index >= 15 is 0 Å². The number of aromatic amines is 1. The van der Waals surface area contributed by atoms with Crippen molar-refractivity contribution in [2.75, 3.05) is 29.4 Å². The first-order valence-corrected chi connectivity index (χ1v) is 11.1. The molecule has 2 N–H and O–H groups in total. The Morgan fingerprint density at radius 3 is 2.78 bits per heavy atom. The number of nitrogens with zero attached hydrogens (tertiary/aromatic N) is 1. The summed E-state index contributed by atoms with van der Waals surface area (Å²) in [6, 6.07) is 5.93. The Labute approximate surface area is 164 Å². The van der Waals surface area contributed by atoms with Gasteiger partial charge in [0, 0.05) is 0 Å². The fourth-order valence-corrected chi connectivity index (χ4v) is 6.00. The van der Waals surface area contributed by atoms with Crippen LogP contribution in [-0.2, 0) is 4.79 Å². The zero-order valence-electron chi connectivity index (χ0n) is 14.5. The van der Waals surface area contributed by atoms with E-state index in [2.05, 4.69) is 10.4 Å². The van der Waals surface area contributed by atoms with Gasteiger partial charge in [-0.15, -0.1) is 11.8 Å². The van der Waals surface area contributed by atoms with Gasteiger partial charge >= 0.3 is 0 Å². The first kappa shape index (κ1) is 17.1. The second-order valence-electron chi connectivity index (χ2n) is 6.77. The lowest BCUT2D eigenvalue weighted by Crippen LogP contribution is -2.22. The molecule has 1 fully saturated rings. The molecule has 0 unspecified atom stereocenters. The van der Waals surface area contributed by atoms with Gasteiger partial charge in [-0.3, -0.25) is 19.4 Å². The van der Waals surface area contributed by atoms with Gasteiger partial charge in [0.15, 0.2) is 11.5 Å². The first-order chi connectivity index (χ1) is 13.2. The van der Waals surface area contributed by atoms with Crippen molar-refractivity contribution in [2.45, 2.75) is 24.1 Å². The van der Waals surface area contributed by atoms with Crippen molar-refractivity contribution < 1.29 is 14.3 Å². The van der Waals surface area contributed by atoms with E-state index in [1.165, 1.54) is 11.8 Å². The minimum Gasteiger partial charge on any atom is -0.454 e. The lowest BCUT2D eigenvalue weighted by molar-refractivity contribution is -0.113. The number of carbonyl (C=O) groups is 1. The Morgan fingerprint density at radius 1 is 1.11 bits per heavy atom. The van der Waals surface area contributed by atoms with E-state index in [4.69, 9.17) is 9.47 Å². The Balaban J connectivity index is 1.60. The number of thioether (sulfide) groups is 2. The summed E-state index contributed by atoms with van der Waals surface area (Å²) in [6.45, 7) is 0.207. The van der Waals surface area contributed by atoms with E-state index in [0.29, 0.717) is 28.6 Å². The zero-order chi connectivity index (χ0) is 18.4. The maximum absolute atomic E-state index is 12.9. The smallest absolute Gasteiger partial charge is 0.270 e. The predicted molar refractivity (Wildman–Crippen MR) is 106 cm³/mol. The standard InChI is InChI=1S/C18H19N3O4S2/c22-14-8-27-16(10-1-2-12-13(7-10)25-9-24-12)15-17(19-14)21(20-18(15)23)11-3-5-26-6-4-11/h1-2,7,11,16H,3-6,8-9H2,(H,19,22)(H,20,23)/t16-/m0/s1. The maximum atomic E-state index is 12.9. The van der Waals surface area contributed by atoms with Crippen LogP contribution in [0.15, 0.2) is 23.0 Å². The van der Waals surface area contributed by atoms with Crippen molar-refractivity contribution >= 4 is 35.2 Å². The van der Waals surface area contributed by atoms with Crippen molar-refractivity contribution in [1.82, 2.24) is 9.78 Å². The summed E-state index contributed by atoms with van der Waals surface area (Å²) in [4.78, 5) is 25.2. The Bertz CT molecular complexity index is 949. The third kappa shape index (κ3) is 3.02. The molecule has 0 saturated carbocycles. The monoisotopic (exact) mass is 405 g/mol. The molecule has 27 heavy (non-hydrogen) atoms. The molecule has 1 atom stereocenters. The molecule has 0 aliphatic carbocycles. The molecular formula is C18H19N3O4S2. The largest absolute Gasteiger partial charge is 0.454 e. The highest BCUT2D eigenvalue weighted by Crippen LogP contribution is 2.44. The third-order valence-corrected chi connectivity index (χ3v) is 7.44. The van der Waals surface area contributed by atoms with Crippen LogP contribution in [0.2, 0.25) is 0 Å². The molecule has 1 amide bonds. The molecule has 1 saturated heterocycles. The summed E-state index contributed by atoms with van der Waals surface area (Å²) in [6.07, 6.45) is 1.97. The molecule has 4 heterocycles. The number of nitrogens with one attached hydrogen (secondary N) is 2. The fraction of sp³-hybridized carbons (Fsp3) is 0.444. The number of aromatic nitrogens is 2. The van der Waals surface area contributed by atoms with Gasteiger partial charge < -0.3 is 14.8 Å². The van der Waals surface area contributed by atoms with Crippen molar-refractivity contribution in [2.24, 2.45) is 0 Å². The molecule has 142 valence electrons. The minimum absolute atomic E-state index is 0.0811. The van der Waals surface area contributed by atoms with Gasteiger partial charge in [0.1, 0.15) is 5.82 Å². The van der Waals surface area contributed by atoms with Gasteiger partial charge in [0.2, 0.25) is 12.7 Å². The number of H-pyrrole nitrogens is 1. The lowest BCUT2D eigenvalue weighted by atomic mass is 10.1. The summed E-state index contributed by atoms with van der Waals surface area (Å²) in [5.41, 5.74) is 1.41. The van der Waals surface area contributed by atoms with Crippen molar-refractivity contribution in [3.63, 3.8) is 0 Å². The van der Waals surface area contributed by atoms with Gasteiger partial charge in [-0.25, -0.2) is 0 Å². The van der Waals surface area contributed by atoms with E-state index in [0.717, 1.165) is 29.9 Å². The van der Waals surface area contributed by atoms with Gasteiger partial charge in [0.05, 0.1) is 22.6 Å². The second kappa shape index (κ2) is 6.87. The molecule has 0 spiro atoms. The van der Waals surface area contributed by atoms with Crippen LogP contribution in [0.3, 0.4) is 0 Å². The van der Waals surface area contributed by atoms with E-state index in [9.17, 15) is 9.59 Å². The number of fused-ring (bicyclic) bond motifs is 2. The predicted octanol–water partition coefficient (Wildman–Crippen LogP) is 2.75. The lowest BCUT2D eigenvalue weighted by Gasteiger charge is -2.24. The van der Waals surface area contributed by atoms with Gasteiger partial charge in [-0.05, 0) is 42.0 Å². The summed E-state index contributed by atoms with van der Waals surface area (Å²) >= 11 is 3.39. The molecule has 1 aromatic heterocycles. The highest BCUT2D eigenvalue weighted by Gasteiger charge is 2.33. The second-order valence-corrected chi connectivity index (χ2v) is 9.09. The summed E-state index contributed by atoms with van der Waals surface area (Å²) in [5, 5.41) is 5.72. The van der Waals surface area contributed by atoms with Crippen LogP contribution in [0.25, 0.3) is 0 Å². The number of hydrogen-bond acceptors (Lipinski definition) is 6. The van der Waals surface area contributed by atoms with Gasteiger partial charge in [0.25, 0.3) is 5.56 Å². The number of rotatable bonds is 2. The first-order valence-electron chi connectivity index (χ1n) is 8.94. The van der Waals surface area contributed by atoms with E-state index in [1.807, 2.05) is 34.6 Å². The average Bonchev–Trinajstić information content (AvgIpc) is 3.23. The normalized spacial score (nSPS) is 22.2. The zero-order valence-corrected chi connectivity index (χ0v) is 16.2. The van der Waals surface area contributed by atoms with Crippen molar-refractivity contribution in [3.05, 3.63) is 39.7 Å². The Hall–Kier alpha value is -2.00. The molecule has 7 nitrogen and oxygen atoms in total. The SMILES string of the molecule is O=C1CS[C@@H](c2ccc3c(c2)OCO3)c2c(n(C3CCSCC3)[nH]c2=O)N1. The molecular weight excluding hydrogens is 386 g/mol. The molecule has 3 aliphatic heterocycles. The minimum atomic E-state index is -0.239. The summed E-state index contributed by atoms with van der Waals surface area (Å²) in [5.74, 6) is 4.35. The number of carbonyl (C=O) groups excluding carboxylic acids is 1. The summed E-state index contributed by atoms with van der Waals surface area (Å²) < 4.78 is 12.8. The Kier molecular flexibility index (Phi) is 4.35. The number of anilines is 1. The van der Waals surface area contributed by atoms with Crippen LogP contribution >= 0.6 is 23.5 Å². The number of amides is 1.